The van der Waals surface area contributed by atoms with Gasteiger partial charge in [0.25, 0.3) is 0 Å². The van der Waals surface area contributed by atoms with Gasteiger partial charge in [-0.25, -0.2) is 18.1 Å². The van der Waals surface area contributed by atoms with Crippen LogP contribution in [0, 0.1) is 0 Å². The second-order valence-electron chi connectivity index (χ2n) is 8.77. The molecule has 4 N–H and O–H groups in total. The largest absolute Gasteiger partial charge is 0.494 e. The van der Waals surface area contributed by atoms with Crippen molar-refractivity contribution in [1.29, 1.82) is 0 Å². The second-order valence-corrected chi connectivity index (χ2v) is 10.5. The third kappa shape index (κ3) is 5.04. The van der Waals surface area contributed by atoms with Crippen LogP contribution < -0.4 is 10.0 Å². The van der Waals surface area contributed by atoms with Gasteiger partial charge in [0.2, 0.25) is 10.0 Å². The van der Waals surface area contributed by atoms with Gasteiger partial charge in [-0.3, -0.25) is 4.40 Å². The van der Waals surface area contributed by atoms with Gasteiger partial charge in [-0.05, 0) is 67.2 Å². The van der Waals surface area contributed by atoms with E-state index in [1.54, 1.807) is 36.7 Å². The van der Waals surface area contributed by atoms with Crippen LogP contribution in [0.2, 0.25) is 0 Å². The average molecular weight is 519 g/mol. The molecule has 0 saturated carbocycles. The maximum absolute atomic E-state index is 12.7. The quantitative estimate of drug-likeness (QED) is 0.216. The Morgan fingerprint density at radius 2 is 1.84 bits per heavy atom. The van der Waals surface area contributed by atoms with Crippen LogP contribution in [0.1, 0.15) is 13.8 Å². The molecule has 0 fully saturated rings. The Labute approximate surface area is 215 Å². The highest BCUT2D eigenvalue weighted by Crippen LogP contribution is 2.31. The van der Waals surface area contributed by atoms with E-state index in [-0.39, 0.29) is 10.8 Å². The Morgan fingerprint density at radius 1 is 1.05 bits per heavy atom. The summed E-state index contributed by atoms with van der Waals surface area (Å²) in [5.74, 6) is 0.156. The number of imidazole rings is 1. The SMILES string of the molecule is CCN(CC)CCNS(=O)(=O)c1ccc(Nc2ccc(-c3ccc4c(O)[nH]cc4c3)n3ccnc23)cc1. The molecule has 9 nitrogen and oxygen atoms in total. The van der Waals surface area contributed by atoms with E-state index in [0.29, 0.717) is 13.1 Å². The number of rotatable bonds is 10. The van der Waals surface area contributed by atoms with E-state index in [2.05, 4.69) is 38.8 Å². The van der Waals surface area contributed by atoms with Crippen molar-refractivity contribution in [2.45, 2.75) is 18.7 Å². The lowest BCUT2D eigenvalue weighted by Gasteiger charge is -2.18. The zero-order valence-corrected chi connectivity index (χ0v) is 21.6. The zero-order chi connectivity index (χ0) is 26.0. The number of pyridine rings is 1. The molecule has 5 rings (SSSR count). The van der Waals surface area contributed by atoms with Crippen molar-refractivity contribution in [3.63, 3.8) is 0 Å². The predicted molar refractivity (Wildman–Crippen MR) is 147 cm³/mol. The highest BCUT2D eigenvalue weighted by atomic mass is 32.2. The molecule has 0 atom stereocenters. The summed E-state index contributed by atoms with van der Waals surface area (Å²) in [7, 11) is -3.58. The van der Waals surface area contributed by atoms with Crippen molar-refractivity contribution in [3.05, 3.63) is 73.2 Å². The Morgan fingerprint density at radius 3 is 2.59 bits per heavy atom. The van der Waals surface area contributed by atoms with Crippen molar-refractivity contribution < 1.29 is 13.5 Å². The van der Waals surface area contributed by atoms with Crippen LogP contribution in [-0.2, 0) is 10.0 Å². The van der Waals surface area contributed by atoms with Gasteiger partial charge in [-0.2, -0.15) is 0 Å². The molecule has 0 amide bonds. The first-order valence-corrected chi connectivity index (χ1v) is 13.7. The van der Waals surface area contributed by atoms with Crippen molar-refractivity contribution in [2.24, 2.45) is 0 Å². The summed E-state index contributed by atoms with van der Waals surface area (Å²) in [6.07, 6.45) is 5.41. The molecule has 0 aliphatic heterocycles. The molecule has 3 heterocycles. The van der Waals surface area contributed by atoms with Crippen molar-refractivity contribution in [2.75, 3.05) is 31.5 Å². The van der Waals surface area contributed by atoms with Crippen LogP contribution in [0.5, 0.6) is 5.88 Å². The van der Waals surface area contributed by atoms with Gasteiger partial charge in [0.15, 0.2) is 11.5 Å². The summed E-state index contributed by atoms with van der Waals surface area (Å²) >= 11 is 0. The minimum atomic E-state index is -3.58. The Balaban J connectivity index is 1.34. The molecular formula is C27H30N6O3S. The van der Waals surface area contributed by atoms with Gasteiger partial charge in [-0.15, -0.1) is 0 Å². The number of hydrogen-bond acceptors (Lipinski definition) is 6. The van der Waals surface area contributed by atoms with Gasteiger partial charge in [0.1, 0.15) is 0 Å². The molecule has 10 heteroatoms. The van der Waals surface area contributed by atoms with E-state index >= 15 is 0 Å². The van der Waals surface area contributed by atoms with Crippen LogP contribution in [0.15, 0.2) is 78.1 Å². The highest BCUT2D eigenvalue weighted by Gasteiger charge is 2.15. The molecule has 0 aliphatic rings. The number of aromatic nitrogens is 3. The molecule has 2 aromatic carbocycles. The van der Waals surface area contributed by atoms with E-state index in [1.165, 1.54) is 0 Å². The van der Waals surface area contributed by atoms with Crippen molar-refractivity contribution in [1.82, 2.24) is 24.0 Å². The van der Waals surface area contributed by atoms with Gasteiger partial charge in [0.05, 0.1) is 16.3 Å². The van der Waals surface area contributed by atoms with E-state index in [1.807, 2.05) is 40.9 Å². The zero-order valence-electron chi connectivity index (χ0n) is 20.8. The average Bonchev–Trinajstić information content (AvgIpc) is 3.54. The Hall–Kier alpha value is -3.86. The van der Waals surface area contributed by atoms with Gasteiger partial charge in [-0.1, -0.05) is 19.9 Å². The van der Waals surface area contributed by atoms with Crippen LogP contribution >= 0.6 is 0 Å². The number of anilines is 2. The van der Waals surface area contributed by atoms with E-state index in [9.17, 15) is 13.5 Å². The first-order valence-electron chi connectivity index (χ1n) is 12.2. The molecule has 0 unspecified atom stereocenters. The summed E-state index contributed by atoms with van der Waals surface area (Å²) in [4.78, 5) is 9.76. The lowest BCUT2D eigenvalue weighted by atomic mass is 10.1. The summed E-state index contributed by atoms with van der Waals surface area (Å²) in [6, 6.07) is 16.5. The normalized spacial score (nSPS) is 12.1. The summed E-state index contributed by atoms with van der Waals surface area (Å²) in [5.41, 5.74) is 4.23. The molecule has 5 aromatic rings. The Bertz CT molecular complexity index is 1640. The maximum atomic E-state index is 12.7. The first-order chi connectivity index (χ1) is 17.9. The number of nitrogens with zero attached hydrogens (tertiary/aromatic N) is 3. The van der Waals surface area contributed by atoms with Crippen LogP contribution in [0.25, 0.3) is 27.7 Å². The molecule has 0 saturated heterocycles. The lowest BCUT2D eigenvalue weighted by molar-refractivity contribution is 0.309. The molecule has 0 spiro atoms. The smallest absolute Gasteiger partial charge is 0.240 e. The third-order valence-electron chi connectivity index (χ3n) is 6.57. The van der Waals surface area contributed by atoms with Crippen LogP contribution in [0.4, 0.5) is 11.4 Å². The van der Waals surface area contributed by atoms with Crippen LogP contribution in [0.3, 0.4) is 0 Å². The number of aromatic hydroxyl groups is 1. The molecule has 192 valence electrons. The van der Waals surface area contributed by atoms with E-state index in [0.717, 1.165) is 52.1 Å². The number of likely N-dealkylation sites (N-methyl/N-ethyl adjacent to an activating group) is 1. The summed E-state index contributed by atoms with van der Waals surface area (Å²) < 4.78 is 30.0. The van der Waals surface area contributed by atoms with Gasteiger partial charge in [0, 0.05) is 48.1 Å². The number of sulfonamides is 1. The number of H-pyrrole nitrogens is 1. The van der Waals surface area contributed by atoms with E-state index < -0.39 is 10.0 Å². The lowest BCUT2D eigenvalue weighted by Crippen LogP contribution is -2.34. The topological polar surface area (TPSA) is 115 Å². The van der Waals surface area contributed by atoms with Crippen molar-refractivity contribution in [3.8, 4) is 17.1 Å². The monoisotopic (exact) mass is 518 g/mol. The van der Waals surface area contributed by atoms with E-state index in [4.69, 9.17) is 0 Å². The molecule has 0 radical (unpaired) electrons. The minimum absolute atomic E-state index is 0.156. The standard InChI is InChI=1S/C27H30N6O3S/c1-3-32(4-2)15-14-30-37(35,36)22-8-6-21(7-9-22)31-24-11-12-25(33-16-13-28-26(24)33)19-5-10-23-20(17-19)18-29-27(23)34/h5-13,16-18,29-31,34H,3-4,14-15H2,1-2H3. The maximum Gasteiger partial charge on any atom is 0.240 e. The predicted octanol–water partition coefficient (Wildman–Crippen LogP) is 4.55. The molecule has 0 aliphatic carbocycles. The molecule has 3 aromatic heterocycles. The first kappa shape index (κ1) is 24.8. The van der Waals surface area contributed by atoms with Gasteiger partial charge >= 0.3 is 0 Å². The highest BCUT2D eigenvalue weighted by molar-refractivity contribution is 7.89. The summed E-state index contributed by atoms with van der Waals surface area (Å²) in [5, 5.41) is 15.0. The fraction of sp³-hybridized carbons (Fsp3) is 0.222. The minimum Gasteiger partial charge on any atom is -0.494 e. The number of benzene rings is 2. The Kier molecular flexibility index (Phi) is 6.88. The summed E-state index contributed by atoms with van der Waals surface area (Å²) in [6.45, 7) is 6.93. The third-order valence-corrected chi connectivity index (χ3v) is 8.05. The molecule has 37 heavy (non-hydrogen) atoms. The van der Waals surface area contributed by atoms with Crippen LogP contribution in [-0.4, -0.2) is 59.0 Å². The number of aromatic amines is 1. The van der Waals surface area contributed by atoms with Gasteiger partial charge < -0.3 is 20.3 Å². The fourth-order valence-corrected chi connectivity index (χ4v) is 5.48. The molecular weight excluding hydrogens is 488 g/mol. The number of fused-ring (bicyclic) bond motifs is 2. The van der Waals surface area contributed by atoms with Crippen molar-refractivity contribution >= 4 is 37.8 Å². The second kappa shape index (κ2) is 10.3. The number of hydrogen-bond donors (Lipinski definition) is 4. The molecule has 0 bridgehead atoms. The number of nitrogens with one attached hydrogen (secondary N) is 3. The fourth-order valence-electron chi connectivity index (χ4n) is 4.46.